The van der Waals surface area contributed by atoms with Gasteiger partial charge in [0.05, 0.1) is 0 Å². The van der Waals surface area contributed by atoms with Crippen LogP contribution in [0, 0.1) is 11.8 Å². The number of hydrogen-bond acceptors (Lipinski definition) is 3. The molecule has 1 amide bonds. The van der Waals surface area contributed by atoms with Gasteiger partial charge in [0.1, 0.15) is 0 Å². The van der Waals surface area contributed by atoms with E-state index in [-0.39, 0.29) is 5.91 Å². The summed E-state index contributed by atoms with van der Waals surface area (Å²) in [6.45, 7) is 3.95. The van der Waals surface area contributed by atoms with E-state index in [2.05, 4.69) is 27.5 Å². The first-order valence-corrected chi connectivity index (χ1v) is 5.63. The summed E-state index contributed by atoms with van der Waals surface area (Å²) >= 11 is 0. The summed E-state index contributed by atoms with van der Waals surface area (Å²) in [6.07, 6.45) is 4.48. The molecule has 1 rings (SSSR count). The summed E-state index contributed by atoms with van der Waals surface area (Å²) in [5.74, 6) is 4.78. The molecular weight excluding hydrogens is 214 g/mol. The summed E-state index contributed by atoms with van der Waals surface area (Å²) in [5.41, 5.74) is 1.16. The minimum absolute atomic E-state index is 0.209. The normalized spacial score (nSPS) is 9.24. The number of amides is 1. The van der Waals surface area contributed by atoms with Gasteiger partial charge in [-0.25, -0.2) is 0 Å². The lowest BCUT2D eigenvalue weighted by Crippen LogP contribution is -2.26. The predicted molar refractivity (Wildman–Crippen MR) is 67.0 cm³/mol. The Kier molecular flexibility index (Phi) is 6.46. The Labute approximate surface area is 102 Å². The first-order chi connectivity index (χ1) is 8.33. The molecule has 0 atom stereocenters. The van der Waals surface area contributed by atoms with Crippen molar-refractivity contribution in [1.29, 1.82) is 0 Å². The van der Waals surface area contributed by atoms with Gasteiger partial charge in [-0.05, 0) is 37.4 Å². The molecule has 0 aliphatic rings. The van der Waals surface area contributed by atoms with Crippen LogP contribution in [0.15, 0.2) is 24.5 Å². The molecule has 4 nitrogen and oxygen atoms in total. The zero-order valence-electron chi connectivity index (χ0n) is 9.99. The molecule has 0 aliphatic heterocycles. The van der Waals surface area contributed by atoms with Gasteiger partial charge in [0, 0.05) is 25.5 Å². The molecule has 4 heteroatoms. The summed E-state index contributed by atoms with van der Waals surface area (Å²) in [4.78, 5) is 15.0. The number of nitrogens with one attached hydrogen (secondary N) is 2. The summed E-state index contributed by atoms with van der Waals surface area (Å²) in [7, 11) is 0. The van der Waals surface area contributed by atoms with Crippen molar-refractivity contribution in [3.63, 3.8) is 0 Å². The molecule has 1 aromatic heterocycles. The molecule has 2 N–H and O–H groups in total. The maximum atomic E-state index is 11.0. The molecule has 1 heterocycles. The van der Waals surface area contributed by atoms with Crippen LogP contribution in [0.4, 0.5) is 0 Å². The molecule has 0 aliphatic carbocycles. The highest BCUT2D eigenvalue weighted by molar-refractivity contribution is 5.93. The monoisotopic (exact) mass is 231 g/mol. The Balaban J connectivity index is 2.01. The van der Waals surface area contributed by atoms with Crippen molar-refractivity contribution in [2.75, 3.05) is 13.1 Å². The highest BCUT2D eigenvalue weighted by Gasteiger charge is 1.94. The molecule has 0 unspecified atom stereocenters. The number of nitrogens with zero attached hydrogens (tertiary/aromatic N) is 1. The third-order valence-corrected chi connectivity index (χ3v) is 2.11. The number of rotatable bonds is 6. The van der Waals surface area contributed by atoms with Gasteiger partial charge in [0.15, 0.2) is 0 Å². The fourth-order valence-corrected chi connectivity index (χ4v) is 1.31. The maximum Gasteiger partial charge on any atom is 0.295 e. The van der Waals surface area contributed by atoms with E-state index in [1.54, 1.807) is 13.1 Å². The molecule has 0 aromatic carbocycles. The van der Waals surface area contributed by atoms with Crippen molar-refractivity contribution < 1.29 is 4.79 Å². The zero-order valence-corrected chi connectivity index (χ0v) is 9.99. The Morgan fingerprint density at radius 1 is 1.47 bits per heavy atom. The van der Waals surface area contributed by atoms with Gasteiger partial charge in [-0.3, -0.25) is 9.78 Å². The van der Waals surface area contributed by atoms with Gasteiger partial charge in [-0.2, -0.15) is 0 Å². The van der Waals surface area contributed by atoms with Gasteiger partial charge >= 0.3 is 0 Å². The quantitative estimate of drug-likeness (QED) is 0.560. The second kappa shape index (κ2) is 8.31. The number of aromatic nitrogens is 1. The lowest BCUT2D eigenvalue weighted by molar-refractivity contribution is -0.115. The smallest absolute Gasteiger partial charge is 0.295 e. The van der Waals surface area contributed by atoms with E-state index in [0.29, 0.717) is 6.54 Å². The number of carbonyl (C=O) groups excluding carboxylic acids is 1. The van der Waals surface area contributed by atoms with E-state index in [0.717, 1.165) is 25.1 Å². The van der Waals surface area contributed by atoms with Crippen LogP contribution in [0.3, 0.4) is 0 Å². The van der Waals surface area contributed by atoms with E-state index in [9.17, 15) is 4.79 Å². The van der Waals surface area contributed by atoms with Crippen LogP contribution in [0.1, 0.15) is 18.9 Å². The van der Waals surface area contributed by atoms with Crippen molar-refractivity contribution in [1.82, 2.24) is 15.6 Å². The van der Waals surface area contributed by atoms with E-state index in [4.69, 9.17) is 0 Å². The molecule has 0 saturated heterocycles. The molecule has 0 saturated carbocycles. The lowest BCUT2D eigenvalue weighted by atomic mass is 10.3. The van der Waals surface area contributed by atoms with Crippen LogP contribution >= 0.6 is 0 Å². The molecule has 1 aromatic rings. The Bertz CT molecular complexity index is 392. The summed E-state index contributed by atoms with van der Waals surface area (Å²) in [6, 6.07) is 3.94. The van der Waals surface area contributed by atoms with Crippen molar-refractivity contribution in [2.24, 2.45) is 0 Å². The molecule has 0 bridgehead atoms. The largest absolute Gasteiger partial charge is 0.345 e. The minimum atomic E-state index is -0.209. The van der Waals surface area contributed by atoms with E-state index in [1.165, 1.54) is 0 Å². The second-order valence-electron chi connectivity index (χ2n) is 3.52. The van der Waals surface area contributed by atoms with Crippen LogP contribution in [0.25, 0.3) is 0 Å². The van der Waals surface area contributed by atoms with Crippen LogP contribution in [-0.4, -0.2) is 24.0 Å². The van der Waals surface area contributed by atoms with Gasteiger partial charge in [-0.1, -0.05) is 12.0 Å². The first-order valence-electron chi connectivity index (χ1n) is 5.63. The van der Waals surface area contributed by atoms with Gasteiger partial charge in [0.25, 0.3) is 5.91 Å². The van der Waals surface area contributed by atoms with Gasteiger partial charge in [-0.15, -0.1) is 0 Å². The second-order valence-corrected chi connectivity index (χ2v) is 3.52. The molecule has 0 fully saturated rings. The fraction of sp³-hybridized carbons (Fsp3) is 0.385. The van der Waals surface area contributed by atoms with Crippen molar-refractivity contribution in [3.8, 4) is 11.8 Å². The van der Waals surface area contributed by atoms with Crippen molar-refractivity contribution in [3.05, 3.63) is 30.1 Å². The van der Waals surface area contributed by atoms with Crippen LogP contribution < -0.4 is 10.6 Å². The van der Waals surface area contributed by atoms with E-state index < -0.39 is 0 Å². The minimum Gasteiger partial charge on any atom is -0.345 e. The standard InChI is InChI=1S/C13H17N3O/c1-2-5-13(17)16-9-4-8-15-11-12-6-3-7-14-10-12/h3,6-7,10,15H,4,8-9,11H2,1H3,(H,16,17). The fourth-order valence-electron chi connectivity index (χ4n) is 1.31. The number of carbonyl (C=O) groups is 1. The van der Waals surface area contributed by atoms with Crippen LogP contribution in [0.5, 0.6) is 0 Å². The molecule has 0 radical (unpaired) electrons. The average Bonchev–Trinajstić information content (AvgIpc) is 2.35. The van der Waals surface area contributed by atoms with Gasteiger partial charge < -0.3 is 10.6 Å². The first kappa shape index (κ1) is 13.2. The average molecular weight is 231 g/mol. The highest BCUT2D eigenvalue weighted by Crippen LogP contribution is 1.93. The molecule has 0 spiro atoms. The highest BCUT2D eigenvalue weighted by atomic mass is 16.1. The third kappa shape index (κ3) is 6.33. The predicted octanol–water partition coefficient (Wildman–Crippen LogP) is 0.701. The van der Waals surface area contributed by atoms with Crippen molar-refractivity contribution in [2.45, 2.75) is 19.9 Å². The van der Waals surface area contributed by atoms with Crippen LogP contribution in [0.2, 0.25) is 0 Å². The lowest BCUT2D eigenvalue weighted by Gasteiger charge is -2.04. The summed E-state index contributed by atoms with van der Waals surface area (Å²) in [5, 5.41) is 6.00. The third-order valence-electron chi connectivity index (χ3n) is 2.11. The summed E-state index contributed by atoms with van der Waals surface area (Å²) < 4.78 is 0. The Morgan fingerprint density at radius 3 is 3.06 bits per heavy atom. The van der Waals surface area contributed by atoms with E-state index in [1.807, 2.05) is 18.3 Å². The topological polar surface area (TPSA) is 54.0 Å². The maximum absolute atomic E-state index is 11.0. The SMILES string of the molecule is CC#CC(=O)NCCCNCc1cccnc1. The molecular formula is C13H17N3O. The molecule has 17 heavy (non-hydrogen) atoms. The molecule has 90 valence electrons. The number of pyridine rings is 1. The van der Waals surface area contributed by atoms with Crippen LogP contribution in [-0.2, 0) is 11.3 Å². The van der Waals surface area contributed by atoms with Crippen molar-refractivity contribution >= 4 is 5.91 Å². The Hall–Kier alpha value is -1.86. The van der Waals surface area contributed by atoms with E-state index >= 15 is 0 Å². The number of hydrogen-bond donors (Lipinski definition) is 2. The Morgan fingerprint density at radius 2 is 2.35 bits per heavy atom. The van der Waals surface area contributed by atoms with Gasteiger partial charge in [0.2, 0.25) is 0 Å². The zero-order chi connectivity index (χ0) is 12.3.